The Morgan fingerprint density at radius 3 is 2.33 bits per heavy atom. The van der Waals surface area contributed by atoms with Crippen molar-refractivity contribution in [2.24, 2.45) is 11.3 Å². The fraction of sp³-hybridized carbons (Fsp3) is 0.833. The van der Waals surface area contributed by atoms with E-state index in [1.165, 1.54) is 0 Å². The standard InChI is InChI=1S/C12H24N2O/c1-6-8-9-10(14-13)11(15-7-2)12(3,4)5/h10-11,14H,7,9,13H2,1-5H3. The SMILES string of the molecule is CC#CCC(NN)C(OCC)C(C)(C)C. The van der Waals surface area contributed by atoms with E-state index in [-0.39, 0.29) is 17.6 Å². The number of hydrazine groups is 1. The van der Waals surface area contributed by atoms with Crippen molar-refractivity contribution in [2.75, 3.05) is 6.61 Å². The van der Waals surface area contributed by atoms with Crippen LogP contribution in [0.4, 0.5) is 0 Å². The lowest BCUT2D eigenvalue weighted by Crippen LogP contribution is -2.50. The lowest BCUT2D eigenvalue weighted by atomic mass is 9.83. The van der Waals surface area contributed by atoms with E-state index in [1.807, 2.05) is 13.8 Å². The lowest BCUT2D eigenvalue weighted by Gasteiger charge is -2.35. The van der Waals surface area contributed by atoms with Crippen LogP contribution in [0.3, 0.4) is 0 Å². The van der Waals surface area contributed by atoms with Crippen molar-refractivity contribution in [3.63, 3.8) is 0 Å². The van der Waals surface area contributed by atoms with E-state index in [2.05, 4.69) is 38.0 Å². The second-order valence-corrected chi connectivity index (χ2v) is 4.65. The summed E-state index contributed by atoms with van der Waals surface area (Å²) in [5, 5.41) is 0. The molecule has 0 aliphatic heterocycles. The molecule has 88 valence electrons. The average Bonchev–Trinajstić information content (AvgIpc) is 2.15. The van der Waals surface area contributed by atoms with Crippen molar-refractivity contribution in [3.8, 4) is 11.8 Å². The van der Waals surface area contributed by atoms with Gasteiger partial charge in [-0.05, 0) is 19.3 Å². The van der Waals surface area contributed by atoms with Crippen LogP contribution in [-0.2, 0) is 4.74 Å². The summed E-state index contributed by atoms with van der Waals surface area (Å²) >= 11 is 0. The summed E-state index contributed by atoms with van der Waals surface area (Å²) in [4.78, 5) is 0. The van der Waals surface area contributed by atoms with Gasteiger partial charge in [-0.15, -0.1) is 11.8 Å². The van der Waals surface area contributed by atoms with E-state index in [0.29, 0.717) is 6.61 Å². The van der Waals surface area contributed by atoms with Crippen molar-refractivity contribution in [1.29, 1.82) is 0 Å². The third kappa shape index (κ3) is 5.17. The zero-order chi connectivity index (χ0) is 11.9. The Morgan fingerprint density at radius 1 is 1.40 bits per heavy atom. The highest BCUT2D eigenvalue weighted by molar-refractivity contribution is 5.01. The number of ether oxygens (including phenoxy) is 1. The molecular formula is C12H24N2O. The van der Waals surface area contributed by atoms with Crippen LogP contribution < -0.4 is 11.3 Å². The second kappa shape index (κ2) is 6.84. The molecule has 0 rings (SSSR count). The Labute approximate surface area is 93.7 Å². The third-order valence-electron chi connectivity index (χ3n) is 2.28. The summed E-state index contributed by atoms with van der Waals surface area (Å²) in [5.74, 6) is 11.5. The Hall–Kier alpha value is -0.560. The second-order valence-electron chi connectivity index (χ2n) is 4.65. The molecule has 3 N–H and O–H groups in total. The van der Waals surface area contributed by atoms with Gasteiger partial charge in [0.05, 0.1) is 12.1 Å². The molecule has 2 unspecified atom stereocenters. The van der Waals surface area contributed by atoms with Crippen LogP contribution in [-0.4, -0.2) is 18.8 Å². The fourth-order valence-corrected chi connectivity index (χ4v) is 1.61. The van der Waals surface area contributed by atoms with Crippen molar-refractivity contribution < 1.29 is 4.74 Å². The molecule has 0 aliphatic carbocycles. The van der Waals surface area contributed by atoms with Gasteiger partial charge in [-0.3, -0.25) is 11.3 Å². The summed E-state index contributed by atoms with van der Waals surface area (Å²) < 4.78 is 5.75. The molecule has 3 heteroatoms. The summed E-state index contributed by atoms with van der Waals surface area (Å²) in [6, 6.07) is 0.0809. The molecule has 2 atom stereocenters. The normalized spacial score (nSPS) is 15.3. The molecule has 0 saturated heterocycles. The zero-order valence-electron chi connectivity index (χ0n) is 10.6. The summed E-state index contributed by atoms with van der Waals surface area (Å²) in [5.41, 5.74) is 2.86. The highest BCUT2D eigenvalue weighted by Crippen LogP contribution is 2.25. The van der Waals surface area contributed by atoms with Crippen LogP contribution in [0.5, 0.6) is 0 Å². The first-order valence-electron chi connectivity index (χ1n) is 5.44. The molecule has 0 aromatic carbocycles. The van der Waals surface area contributed by atoms with Gasteiger partial charge in [-0.2, -0.15) is 0 Å². The third-order valence-corrected chi connectivity index (χ3v) is 2.28. The summed E-state index contributed by atoms with van der Waals surface area (Å²) in [7, 11) is 0. The molecule has 15 heavy (non-hydrogen) atoms. The first-order valence-corrected chi connectivity index (χ1v) is 5.44. The first-order chi connectivity index (χ1) is 6.97. The highest BCUT2D eigenvalue weighted by atomic mass is 16.5. The van der Waals surface area contributed by atoms with Crippen molar-refractivity contribution in [2.45, 2.75) is 53.2 Å². The maximum atomic E-state index is 5.75. The van der Waals surface area contributed by atoms with Crippen LogP contribution in [0.2, 0.25) is 0 Å². The zero-order valence-corrected chi connectivity index (χ0v) is 10.6. The maximum Gasteiger partial charge on any atom is 0.0798 e. The molecule has 0 radical (unpaired) electrons. The largest absolute Gasteiger partial charge is 0.376 e. The molecule has 3 nitrogen and oxygen atoms in total. The van der Waals surface area contributed by atoms with E-state index >= 15 is 0 Å². The van der Waals surface area contributed by atoms with Crippen LogP contribution in [0.1, 0.15) is 41.0 Å². The topological polar surface area (TPSA) is 47.3 Å². The van der Waals surface area contributed by atoms with E-state index in [1.54, 1.807) is 0 Å². The van der Waals surface area contributed by atoms with Gasteiger partial charge in [0.2, 0.25) is 0 Å². The molecule has 0 aromatic rings. The van der Waals surface area contributed by atoms with Crippen molar-refractivity contribution in [3.05, 3.63) is 0 Å². The predicted octanol–water partition coefficient (Wildman–Crippen LogP) is 1.68. The molecule has 0 bridgehead atoms. The minimum absolute atomic E-state index is 0.0580. The Balaban J connectivity index is 4.59. The predicted molar refractivity (Wildman–Crippen MR) is 64.0 cm³/mol. The van der Waals surface area contributed by atoms with Crippen molar-refractivity contribution in [1.82, 2.24) is 5.43 Å². The Bertz CT molecular complexity index is 222. The monoisotopic (exact) mass is 212 g/mol. The quantitative estimate of drug-likeness (QED) is 0.414. The van der Waals surface area contributed by atoms with Crippen LogP contribution in [0.25, 0.3) is 0 Å². The lowest BCUT2D eigenvalue weighted by molar-refractivity contribution is -0.0346. The van der Waals surface area contributed by atoms with E-state index < -0.39 is 0 Å². The first kappa shape index (κ1) is 14.4. The van der Waals surface area contributed by atoms with Crippen LogP contribution >= 0.6 is 0 Å². The molecule has 0 aromatic heterocycles. The summed E-state index contributed by atoms with van der Waals surface area (Å²) in [6.45, 7) is 11.0. The average molecular weight is 212 g/mol. The number of nitrogens with two attached hydrogens (primary N) is 1. The number of hydrogen-bond donors (Lipinski definition) is 2. The van der Waals surface area contributed by atoms with Gasteiger partial charge in [-0.25, -0.2) is 0 Å². The number of rotatable bonds is 5. The van der Waals surface area contributed by atoms with Gasteiger partial charge in [0.1, 0.15) is 0 Å². The minimum Gasteiger partial charge on any atom is -0.376 e. The summed E-state index contributed by atoms with van der Waals surface area (Å²) in [6.07, 6.45) is 0.794. The molecule has 0 aliphatic rings. The van der Waals surface area contributed by atoms with E-state index in [9.17, 15) is 0 Å². The van der Waals surface area contributed by atoms with Crippen LogP contribution in [0.15, 0.2) is 0 Å². The van der Waals surface area contributed by atoms with Gasteiger partial charge in [0.25, 0.3) is 0 Å². The van der Waals surface area contributed by atoms with E-state index in [4.69, 9.17) is 10.6 Å². The smallest absolute Gasteiger partial charge is 0.0798 e. The van der Waals surface area contributed by atoms with Crippen LogP contribution in [0, 0.1) is 17.3 Å². The highest BCUT2D eigenvalue weighted by Gasteiger charge is 2.31. The molecule has 0 amide bonds. The fourth-order valence-electron chi connectivity index (χ4n) is 1.61. The molecule has 0 heterocycles. The number of nitrogens with one attached hydrogen (secondary N) is 1. The minimum atomic E-state index is 0.0580. The molecule has 0 spiro atoms. The molecular weight excluding hydrogens is 188 g/mol. The Kier molecular flexibility index (Phi) is 6.58. The van der Waals surface area contributed by atoms with Gasteiger partial charge < -0.3 is 4.74 Å². The molecule has 0 fully saturated rings. The number of hydrogen-bond acceptors (Lipinski definition) is 3. The Morgan fingerprint density at radius 2 is 2.00 bits per heavy atom. The van der Waals surface area contributed by atoms with Crippen molar-refractivity contribution >= 4 is 0 Å². The van der Waals surface area contributed by atoms with Gasteiger partial charge >= 0.3 is 0 Å². The maximum absolute atomic E-state index is 5.75. The van der Waals surface area contributed by atoms with E-state index in [0.717, 1.165) is 6.42 Å². The molecule has 0 saturated carbocycles. The van der Waals surface area contributed by atoms with Gasteiger partial charge in [0.15, 0.2) is 0 Å². The van der Waals surface area contributed by atoms with Gasteiger partial charge in [0, 0.05) is 13.0 Å². The van der Waals surface area contributed by atoms with Gasteiger partial charge in [-0.1, -0.05) is 20.8 Å².